The van der Waals surface area contributed by atoms with E-state index < -0.39 is 0 Å². The summed E-state index contributed by atoms with van der Waals surface area (Å²) in [6.07, 6.45) is 1.58. The van der Waals surface area contributed by atoms with Gasteiger partial charge in [-0.1, -0.05) is 18.7 Å². The SMILES string of the molecule is CCOC(=O)C(CCSc1nc(CC)ns1)NC. The monoisotopic (exact) mass is 289 g/mol. The fourth-order valence-electron chi connectivity index (χ4n) is 1.33. The van der Waals surface area contributed by atoms with Crippen molar-refractivity contribution >= 4 is 29.3 Å². The van der Waals surface area contributed by atoms with Crippen molar-refractivity contribution in [3.63, 3.8) is 0 Å². The Morgan fingerprint density at radius 1 is 1.56 bits per heavy atom. The van der Waals surface area contributed by atoms with Crippen LogP contribution in [0.4, 0.5) is 0 Å². The van der Waals surface area contributed by atoms with E-state index in [0.29, 0.717) is 6.61 Å². The maximum absolute atomic E-state index is 11.5. The van der Waals surface area contributed by atoms with Crippen LogP contribution in [-0.2, 0) is 16.0 Å². The minimum atomic E-state index is -0.240. The summed E-state index contributed by atoms with van der Waals surface area (Å²) in [5.74, 6) is 1.52. The molecule has 0 saturated carbocycles. The third-order valence-corrected chi connectivity index (χ3v) is 4.22. The van der Waals surface area contributed by atoms with E-state index in [1.807, 2.05) is 13.8 Å². The molecule has 0 aliphatic carbocycles. The Hall–Kier alpha value is -0.660. The molecule has 0 aliphatic heterocycles. The van der Waals surface area contributed by atoms with Crippen LogP contribution in [0.2, 0.25) is 0 Å². The summed E-state index contributed by atoms with van der Waals surface area (Å²) in [7, 11) is 1.77. The van der Waals surface area contributed by atoms with E-state index in [1.54, 1.807) is 18.8 Å². The number of nitrogens with zero attached hydrogens (tertiary/aromatic N) is 2. The molecule has 1 aromatic heterocycles. The van der Waals surface area contributed by atoms with Crippen molar-refractivity contribution in [1.82, 2.24) is 14.7 Å². The van der Waals surface area contributed by atoms with Gasteiger partial charge in [-0.2, -0.15) is 4.37 Å². The number of esters is 1. The highest BCUT2D eigenvalue weighted by Crippen LogP contribution is 2.21. The molecule has 0 saturated heterocycles. The summed E-state index contributed by atoms with van der Waals surface area (Å²) in [4.78, 5) is 15.9. The van der Waals surface area contributed by atoms with Crippen LogP contribution in [-0.4, -0.2) is 40.8 Å². The van der Waals surface area contributed by atoms with E-state index in [0.717, 1.165) is 28.8 Å². The predicted octanol–water partition coefficient (Wildman–Crippen LogP) is 1.73. The van der Waals surface area contributed by atoms with Crippen LogP contribution < -0.4 is 5.32 Å². The number of hydrogen-bond donors (Lipinski definition) is 1. The van der Waals surface area contributed by atoms with E-state index in [1.165, 1.54) is 11.5 Å². The number of aryl methyl sites for hydroxylation is 1. The third-order valence-electron chi connectivity index (χ3n) is 2.32. The standard InChI is InChI=1S/C11H19N3O2S2/c1-4-9-13-11(18-14-9)17-7-6-8(12-3)10(15)16-5-2/h8,12H,4-7H2,1-3H3. The van der Waals surface area contributed by atoms with Gasteiger partial charge >= 0.3 is 5.97 Å². The van der Waals surface area contributed by atoms with E-state index in [2.05, 4.69) is 14.7 Å². The van der Waals surface area contributed by atoms with Crippen molar-refractivity contribution < 1.29 is 9.53 Å². The first-order valence-corrected chi connectivity index (χ1v) is 7.76. The van der Waals surface area contributed by atoms with Gasteiger partial charge in [-0.05, 0) is 31.9 Å². The van der Waals surface area contributed by atoms with Gasteiger partial charge < -0.3 is 10.1 Å². The number of ether oxygens (including phenoxy) is 1. The van der Waals surface area contributed by atoms with Crippen LogP contribution in [0.5, 0.6) is 0 Å². The van der Waals surface area contributed by atoms with Gasteiger partial charge in [-0.25, -0.2) is 4.98 Å². The number of aromatic nitrogens is 2. The quantitative estimate of drug-likeness (QED) is 0.581. The highest BCUT2D eigenvalue weighted by molar-refractivity contribution is 8.00. The van der Waals surface area contributed by atoms with Crippen LogP contribution in [0.1, 0.15) is 26.1 Å². The second-order valence-electron chi connectivity index (χ2n) is 3.56. The van der Waals surface area contributed by atoms with Crippen molar-refractivity contribution in [2.75, 3.05) is 19.4 Å². The van der Waals surface area contributed by atoms with E-state index in [-0.39, 0.29) is 12.0 Å². The van der Waals surface area contributed by atoms with E-state index in [4.69, 9.17) is 4.74 Å². The molecule has 0 bridgehead atoms. The van der Waals surface area contributed by atoms with Gasteiger partial charge in [0, 0.05) is 12.2 Å². The maximum Gasteiger partial charge on any atom is 0.323 e. The molecule has 7 heteroatoms. The number of nitrogens with one attached hydrogen (secondary N) is 1. The third kappa shape index (κ3) is 4.91. The van der Waals surface area contributed by atoms with Gasteiger partial charge in [0.15, 0.2) is 4.34 Å². The fraction of sp³-hybridized carbons (Fsp3) is 0.727. The molecule has 18 heavy (non-hydrogen) atoms. The molecule has 0 radical (unpaired) electrons. The lowest BCUT2D eigenvalue weighted by atomic mass is 10.2. The molecule has 1 heterocycles. The topological polar surface area (TPSA) is 64.1 Å². The minimum absolute atomic E-state index is 0.188. The fourth-order valence-corrected chi connectivity index (χ4v) is 3.10. The number of carbonyl (C=O) groups is 1. The summed E-state index contributed by atoms with van der Waals surface area (Å²) in [6.45, 7) is 4.27. The highest BCUT2D eigenvalue weighted by atomic mass is 32.2. The number of likely N-dealkylation sites (N-methyl/N-ethyl adjacent to an activating group) is 1. The molecular formula is C11H19N3O2S2. The smallest absolute Gasteiger partial charge is 0.323 e. The summed E-state index contributed by atoms with van der Waals surface area (Å²) >= 11 is 3.05. The molecule has 0 amide bonds. The molecule has 1 rings (SSSR count). The Morgan fingerprint density at radius 2 is 2.33 bits per heavy atom. The zero-order valence-electron chi connectivity index (χ0n) is 10.9. The van der Waals surface area contributed by atoms with Crippen molar-refractivity contribution in [1.29, 1.82) is 0 Å². The van der Waals surface area contributed by atoms with Crippen molar-refractivity contribution in [3.8, 4) is 0 Å². The Balaban J connectivity index is 2.32. The van der Waals surface area contributed by atoms with Crippen LogP contribution in [0.3, 0.4) is 0 Å². The first-order chi connectivity index (χ1) is 8.71. The highest BCUT2D eigenvalue weighted by Gasteiger charge is 2.17. The first-order valence-electron chi connectivity index (χ1n) is 6.00. The van der Waals surface area contributed by atoms with Crippen molar-refractivity contribution in [2.45, 2.75) is 37.1 Å². The van der Waals surface area contributed by atoms with Gasteiger partial charge in [0.05, 0.1) is 6.61 Å². The van der Waals surface area contributed by atoms with Gasteiger partial charge in [-0.15, -0.1) is 0 Å². The average Bonchev–Trinajstić information content (AvgIpc) is 2.82. The molecule has 0 fully saturated rings. The summed E-state index contributed by atoms with van der Waals surface area (Å²) in [5.41, 5.74) is 0. The predicted molar refractivity (Wildman–Crippen MR) is 74.1 cm³/mol. The lowest BCUT2D eigenvalue weighted by Crippen LogP contribution is -2.36. The van der Waals surface area contributed by atoms with Crippen LogP contribution in [0.25, 0.3) is 0 Å². The van der Waals surface area contributed by atoms with Crippen LogP contribution in [0.15, 0.2) is 4.34 Å². The molecule has 1 N–H and O–H groups in total. The Bertz CT molecular complexity index is 371. The van der Waals surface area contributed by atoms with Gasteiger partial charge in [0.2, 0.25) is 0 Å². The summed E-state index contributed by atoms with van der Waals surface area (Å²) in [5, 5.41) is 2.97. The molecule has 0 spiro atoms. The van der Waals surface area contributed by atoms with Gasteiger partial charge in [0.25, 0.3) is 0 Å². The molecule has 1 aromatic rings. The Morgan fingerprint density at radius 3 is 2.89 bits per heavy atom. The normalized spacial score (nSPS) is 12.4. The number of thioether (sulfide) groups is 1. The molecule has 1 atom stereocenters. The molecular weight excluding hydrogens is 270 g/mol. The molecule has 102 valence electrons. The van der Waals surface area contributed by atoms with Crippen LogP contribution >= 0.6 is 23.3 Å². The second kappa shape index (κ2) is 8.44. The van der Waals surface area contributed by atoms with E-state index >= 15 is 0 Å². The summed E-state index contributed by atoms with van der Waals surface area (Å²) in [6, 6.07) is -0.240. The maximum atomic E-state index is 11.5. The largest absolute Gasteiger partial charge is 0.465 e. The average molecular weight is 289 g/mol. The first kappa shape index (κ1) is 15.4. The molecule has 1 unspecified atom stereocenters. The zero-order chi connectivity index (χ0) is 13.4. The van der Waals surface area contributed by atoms with Crippen LogP contribution in [0, 0.1) is 0 Å². The van der Waals surface area contributed by atoms with Crippen molar-refractivity contribution in [3.05, 3.63) is 5.82 Å². The Labute approximate surface area is 116 Å². The van der Waals surface area contributed by atoms with E-state index in [9.17, 15) is 4.79 Å². The van der Waals surface area contributed by atoms with Crippen molar-refractivity contribution in [2.24, 2.45) is 0 Å². The molecule has 0 aliphatic rings. The number of carbonyl (C=O) groups excluding carboxylic acids is 1. The second-order valence-corrected chi connectivity index (χ2v) is 5.65. The zero-order valence-corrected chi connectivity index (χ0v) is 12.6. The van der Waals surface area contributed by atoms with Gasteiger partial charge in [-0.3, -0.25) is 4.79 Å². The Kier molecular flexibility index (Phi) is 7.22. The number of hydrogen-bond acceptors (Lipinski definition) is 7. The molecule has 5 nitrogen and oxygen atoms in total. The lowest BCUT2D eigenvalue weighted by molar-refractivity contribution is -0.145. The summed E-state index contributed by atoms with van der Waals surface area (Å²) < 4.78 is 10.2. The van der Waals surface area contributed by atoms with Gasteiger partial charge in [0.1, 0.15) is 11.9 Å². The minimum Gasteiger partial charge on any atom is -0.465 e. The lowest BCUT2D eigenvalue weighted by Gasteiger charge is -2.13. The molecule has 0 aromatic carbocycles. The number of rotatable bonds is 8.